The van der Waals surface area contributed by atoms with Crippen LogP contribution in [0.15, 0.2) is 36.2 Å². The Morgan fingerprint density at radius 1 is 1.32 bits per heavy atom. The molecular weight excluding hydrogens is 236 g/mol. The van der Waals surface area contributed by atoms with Crippen LogP contribution in [0.4, 0.5) is 0 Å². The number of pyridine rings is 1. The normalized spacial score (nSPS) is 14.9. The first kappa shape index (κ1) is 13.8. The molecule has 19 heavy (non-hydrogen) atoms. The zero-order valence-corrected chi connectivity index (χ0v) is 11.7. The highest BCUT2D eigenvalue weighted by Crippen LogP contribution is 2.19. The molecule has 3 heteroatoms. The summed E-state index contributed by atoms with van der Waals surface area (Å²) < 4.78 is 1.90. The Labute approximate surface area is 115 Å². The van der Waals surface area contributed by atoms with Gasteiger partial charge in [-0.3, -0.25) is 4.79 Å². The van der Waals surface area contributed by atoms with E-state index < -0.39 is 0 Å². The number of nitrogens with zero attached hydrogens (tertiary/aromatic N) is 1. The molecule has 0 unspecified atom stereocenters. The van der Waals surface area contributed by atoms with Gasteiger partial charge in [-0.25, -0.2) is 0 Å². The summed E-state index contributed by atoms with van der Waals surface area (Å²) in [6.45, 7) is 3.21. The second-order valence-electron chi connectivity index (χ2n) is 5.26. The molecule has 1 N–H and O–H groups in total. The minimum Gasteiger partial charge on any atom is -0.350 e. The van der Waals surface area contributed by atoms with E-state index in [-0.39, 0.29) is 5.91 Å². The lowest BCUT2D eigenvalue weighted by Gasteiger charge is -2.12. The van der Waals surface area contributed by atoms with E-state index in [2.05, 4.69) is 11.4 Å². The van der Waals surface area contributed by atoms with Crippen LogP contribution >= 0.6 is 0 Å². The molecule has 2 rings (SSSR count). The summed E-state index contributed by atoms with van der Waals surface area (Å²) in [6.07, 6.45) is 12.3. The van der Waals surface area contributed by atoms with Crippen LogP contribution in [-0.2, 0) is 11.3 Å². The third-order valence-electron chi connectivity index (χ3n) is 3.54. The van der Waals surface area contributed by atoms with Gasteiger partial charge in [-0.05, 0) is 44.6 Å². The highest BCUT2D eigenvalue weighted by atomic mass is 16.1. The summed E-state index contributed by atoms with van der Waals surface area (Å²) in [4.78, 5) is 11.8. The molecule has 0 saturated heterocycles. The lowest BCUT2D eigenvalue weighted by Crippen LogP contribution is -2.42. The monoisotopic (exact) mass is 259 g/mol. The van der Waals surface area contributed by atoms with Crippen molar-refractivity contribution < 1.29 is 9.36 Å². The minimum absolute atomic E-state index is 0.0882. The van der Waals surface area contributed by atoms with Crippen molar-refractivity contribution in [3.63, 3.8) is 0 Å². The highest BCUT2D eigenvalue weighted by Gasteiger charge is 2.09. The molecule has 0 spiro atoms. The van der Waals surface area contributed by atoms with Gasteiger partial charge in [0.1, 0.15) is 0 Å². The SMILES string of the molecule is Cc1cc[n+](CC(=O)NCCC2=CCCCC2)cc1. The van der Waals surface area contributed by atoms with Crippen LogP contribution in [0.1, 0.15) is 37.7 Å². The first-order valence-electron chi connectivity index (χ1n) is 7.14. The maximum Gasteiger partial charge on any atom is 0.285 e. The van der Waals surface area contributed by atoms with E-state index in [9.17, 15) is 4.79 Å². The largest absolute Gasteiger partial charge is 0.350 e. The Morgan fingerprint density at radius 3 is 2.79 bits per heavy atom. The Kier molecular flexibility index (Phi) is 5.13. The van der Waals surface area contributed by atoms with E-state index in [1.54, 1.807) is 0 Å². The third kappa shape index (κ3) is 4.86. The third-order valence-corrected chi connectivity index (χ3v) is 3.54. The van der Waals surface area contributed by atoms with E-state index in [0.29, 0.717) is 6.54 Å². The molecule has 1 aliphatic rings. The van der Waals surface area contributed by atoms with Crippen molar-refractivity contribution in [2.45, 2.75) is 45.6 Å². The van der Waals surface area contributed by atoms with Crippen molar-refractivity contribution >= 4 is 5.91 Å². The van der Waals surface area contributed by atoms with Gasteiger partial charge in [-0.1, -0.05) is 11.6 Å². The molecule has 0 atom stereocenters. The standard InChI is InChI=1S/C16H22N2O/c1-14-8-11-18(12-9-14)13-16(19)17-10-7-15-5-3-2-4-6-15/h5,8-9,11-12H,2-4,6-7,10,13H2,1H3/p+1. The molecule has 1 heterocycles. The number of hydrogen-bond donors (Lipinski definition) is 1. The Morgan fingerprint density at radius 2 is 2.11 bits per heavy atom. The second-order valence-corrected chi connectivity index (χ2v) is 5.26. The number of carbonyl (C=O) groups excluding carboxylic acids is 1. The molecule has 0 radical (unpaired) electrons. The zero-order valence-electron chi connectivity index (χ0n) is 11.7. The first-order valence-corrected chi connectivity index (χ1v) is 7.14. The Balaban J connectivity index is 1.69. The number of aromatic nitrogens is 1. The average molecular weight is 259 g/mol. The predicted octanol–water partition coefficient (Wildman–Crippen LogP) is 2.29. The van der Waals surface area contributed by atoms with Crippen LogP contribution in [0, 0.1) is 6.92 Å². The number of nitrogens with one attached hydrogen (secondary N) is 1. The van der Waals surface area contributed by atoms with Crippen molar-refractivity contribution in [1.82, 2.24) is 5.32 Å². The molecule has 1 amide bonds. The number of aryl methyl sites for hydroxylation is 1. The molecule has 102 valence electrons. The van der Waals surface area contributed by atoms with Crippen LogP contribution in [-0.4, -0.2) is 12.5 Å². The fourth-order valence-corrected chi connectivity index (χ4v) is 2.35. The van der Waals surface area contributed by atoms with Gasteiger partial charge in [0.25, 0.3) is 5.91 Å². The topological polar surface area (TPSA) is 33.0 Å². The quantitative estimate of drug-likeness (QED) is 0.639. The summed E-state index contributed by atoms with van der Waals surface area (Å²) >= 11 is 0. The summed E-state index contributed by atoms with van der Waals surface area (Å²) in [6, 6.07) is 4.03. The van der Waals surface area contributed by atoms with Crippen LogP contribution in [0.5, 0.6) is 0 Å². The lowest BCUT2D eigenvalue weighted by molar-refractivity contribution is -0.684. The van der Waals surface area contributed by atoms with Gasteiger partial charge in [0.15, 0.2) is 12.4 Å². The van der Waals surface area contributed by atoms with Gasteiger partial charge >= 0.3 is 0 Å². The van der Waals surface area contributed by atoms with Gasteiger partial charge in [0.05, 0.1) is 0 Å². The highest BCUT2D eigenvalue weighted by molar-refractivity contribution is 5.74. The average Bonchev–Trinajstić information content (AvgIpc) is 2.43. The molecule has 0 aliphatic heterocycles. The van der Waals surface area contributed by atoms with Crippen molar-refractivity contribution in [2.24, 2.45) is 0 Å². The molecule has 0 saturated carbocycles. The van der Waals surface area contributed by atoms with Gasteiger partial charge in [0, 0.05) is 18.7 Å². The first-order chi connectivity index (χ1) is 9.24. The number of rotatable bonds is 5. The molecule has 1 aromatic heterocycles. The second kappa shape index (κ2) is 7.07. The molecule has 0 aromatic carbocycles. The number of amides is 1. The maximum absolute atomic E-state index is 11.8. The smallest absolute Gasteiger partial charge is 0.285 e. The molecule has 0 bridgehead atoms. The van der Waals surface area contributed by atoms with Gasteiger partial charge < -0.3 is 5.32 Å². The molecule has 1 aliphatic carbocycles. The Hall–Kier alpha value is -1.64. The van der Waals surface area contributed by atoms with Crippen molar-refractivity contribution in [1.29, 1.82) is 0 Å². The van der Waals surface area contributed by atoms with Crippen LogP contribution in [0.2, 0.25) is 0 Å². The summed E-state index contributed by atoms with van der Waals surface area (Å²) in [5, 5.41) is 2.99. The van der Waals surface area contributed by atoms with Gasteiger partial charge in [0.2, 0.25) is 6.54 Å². The molecule has 0 fully saturated rings. The van der Waals surface area contributed by atoms with Crippen molar-refractivity contribution in [2.75, 3.05) is 6.54 Å². The van der Waals surface area contributed by atoms with Crippen LogP contribution in [0.3, 0.4) is 0 Å². The summed E-state index contributed by atoms with van der Waals surface area (Å²) in [5.41, 5.74) is 2.72. The number of allylic oxidation sites excluding steroid dienone is 1. The maximum atomic E-state index is 11.8. The number of hydrogen-bond acceptors (Lipinski definition) is 1. The zero-order chi connectivity index (χ0) is 13.5. The minimum atomic E-state index is 0.0882. The van der Waals surface area contributed by atoms with Crippen molar-refractivity contribution in [3.05, 3.63) is 41.7 Å². The summed E-state index contributed by atoms with van der Waals surface area (Å²) in [7, 11) is 0. The molecule has 1 aromatic rings. The van der Waals surface area contributed by atoms with Crippen LogP contribution < -0.4 is 9.88 Å². The fourth-order valence-electron chi connectivity index (χ4n) is 2.35. The lowest BCUT2D eigenvalue weighted by atomic mass is 9.97. The van der Waals surface area contributed by atoms with Gasteiger partial charge in [-0.15, -0.1) is 0 Å². The van der Waals surface area contributed by atoms with E-state index >= 15 is 0 Å². The molecular formula is C16H23N2O+. The molecule has 3 nitrogen and oxygen atoms in total. The Bertz CT molecular complexity index is 448. The predicted molar refractivity (Wildman–Crippen MR) is 75.6 cm³/mol. The van der Waals surface area contributed by atoms with E-state index in [1.807, 2.05) is 36.0 Å². The number of carbonyl (C=O) groups is 1. The van der Waals surface area contributed by atoms with E-state index in [4.69, 9.17) is 0 Å². The van der Waals surface area contributed by atoms with Crippen molar-refractivity contribution in [3.8, 4) is 0 Å². The van der Waals surface area contributed by atoms with Gasteiger partial charge in [-0.2, -0.15) is 4.57 Å². The van der Waals surface area contributed by atoms with E-state index in [1.165, 1.54) is 36.8 Å². The van der Waals surface area contributed by atoms with E-state index in [0.717, 1.165) is 13.0 Å². The summed E-state index contributed by atoms with van der Waals surface area (Å²) in [5.74, 6) is 0.0882. The fraction of sp³-hybridized carbons (Fsp3) is 0.500. The van der Waals surface area contributed by atoms with Crippen LogP contribution in [0.25, 0.3) is 0 Å².